The highest BCUT2D eigenvalue weighted by atomic mass is 16.7. The number of amides is 1. The quantitative estimate of drug-likeness (QED) is 0.856. The lowest BCUT2D eigenvalue weighted by Gasteiger charge is -2.19. The van der Waals surface area contributed by atoms with Crippen LogP contribution in [0.2, 0.25) is 0 Å². The summed E-state index contributed by atoms with van der Waals surface area (Å²) < 4.78 is 1.85. The van der Waals surface area contributed by atoms with E-state index in [4.69, 9.17) is 4.84 Å². The zero-order valence-electron chi connectivity index (χ0n) is 13.4. The molecule has 1 saturated heterocycles. The van der Waals surface area contributed by atoms with E-state index >= 15 is 0 Å². The first-order chi connectivity index (χ1) is 10.6. The first-order valence-electron chi connectivity index (χ1n) is 7.87. The fourth-order valence-corrected chi connectivity index (χ4v) is 2.77. The number of fused-ring (bicyclic) bond motifs is 1. The third-order valence-electron chi connectivity index (χ3n) is 3.89. The Hall–Kier alpha value is -1.95. The smallest absolute Gasteiger partial charge is 0.271 e. The highest BCUT2D eigenvalue weighted by Crippen LogP contribution is 2.23. The molecule has 3 rings (SSSR count). The van der Waals surface area contributed by atoms with Crippen LogP contribution < -0.4 is 0 Å². The maximum Gasteiger partial charge on any atom is 0.278 e. The summed E-state index contributed by atoms with van der Waals surface area (Å²) in [4.78, 5) is 23.0. The van der Waals surface area contributed by atoms with E-state index in [1.807, 2.05) is 17.7 Å². The molecule has 0 saturated carbocycles. The van der Waals surface area contributed by atoms with Gasteiger partial charge in [-0.3, -0.25) is 9.63 Å². The molecule has 3 heterocycles. The number of rotatable bonds is 2. The molecule has 0 atom stereocenters. The van der Waals surface area contributed by atoms with Gasteiger partial charge in [0.25, 0.3) is 5.91 Å². The van der Waals surface area contributed by atoms with E-state index in [0.29, 0.717) is 18.7 Å². The van der Waals surface area contributed by atoms with Gasteiger partial charge in [-0.15, -0.1) is 0 Å². The van der Waals surface area contributed by atoms with Gasteiger partial charge in [-0.2, -0.15) is 5.10 Å². The van der Waals surface area contributed by atoms with Gasteiger partial charge >= 0.3 is 0 Å². The molecule has 2 aromatic heterocycles. The SMILES string of the molecule is Cc1cc(C(=O)N2CCCCCO2)c2cnn(C(C)C)c2n1. The minimum Gasteiger partial charge on any atom is -0.271 e. The third kappa shape index (κ3) is 2.70. The van der Waals surface area contributed by atoms with Gasteiger partial charge in [0.2, 0.25) is 0 Å². The normalized spacial score (nSPS) is 16.3. The number of carbonyl (C=O) groups is 1. The van der Waals surface area contributed by atoms with Crippen molar-refractivity contribution in [3.63, 3.8) is 0 Å². The van der Waals surface area contributed by atoms with Crippen molar-refractivity contribution in [3.8, 4) is 0 Å². The van der Waals surface area contributed by atoms with Crippen molar-refractivity contribution in [1.29, 1.82) is 0 Å². The number of aryl methyl sites for hydroxylation is 1. The molecule has 0 spiro atoms. The second-order valence-corrected chi connectivity index (χ2v) is 6.03. The average Bonchev–Trinajstić information content (AvgIpc) is 2.72. The summed E-state index contributed by atoms with van der Waals surface area (Å²) in [5, 5.41) is 6.67. The largest absolute Gasteiger partial charge is 0.278 e. The summed E-state index contributed by atoms with van der Waals surface area (Å²) in [5.41, 5.74) is 2.19. The van der Waals surface area contributed by atoms with Crippen molar-refractivity contribution in [2.24, 2.45) is 0 Å². The first kappa shape index (κ1) is 15.0. The molecule has 0 aromatic carbocycles. The molecule has 1 aliphatic rings. The molecule has 0 N–H and O–H groups in total. The number of hydrogen-bond donors (Lipinski definition) is 0. The number of hydroxylamine groups is 2. The molecule has 0 bridgehead atoms. The monoisotopic (exact) mass is 302 g/mol. The lowest BCUT2D eigenvalue weighted by molar-refractivity contribution is -0.115. The molecular weight excluding hydrogens is 280 g/mol. The van der Waals surface area contributed by atoms with Crippen LogP contribution in [0.25, 0.3) is 11.0 Å². The zero-order valence-corrected chi connectivity index (χ0v) is 13.4. The number of carbonyl (C=O) groups excluding carboxylic acids is 1. The van der Waals surface area contributed by atoms with Crippen LogP contribution >= 0.6 is 0 Å². The Morgan fingerprint density at radius 3 is 2.91 bits per heavy atom. The molecule has 1 fully saturated rings. The number of pyridine rings is 1. The van der Waals surface area contributed by atoms with E-state index in [9.17, 15) is 4.79 Å². The van der Waals surface area contributed by atoms with Crippen LogP contribution in [0.15, 0.2) is 12.3 Å². The van der Waals surface area contributed by atoms with Crippen LogP contribution in [0, 0.1) is 6.92 Å². The van der Waals surface area contributed by atoms with E-state index in [0.717, 1.165) is 36.0 Å². The second kappa shape index (κ2) is 6.04. The summed E-state index contributed by atoms with van der Waals surface area (Å²) >= 11 is 0. The molecule has 1 aliphatic heterocycles. The van der Waals surface area contributed by atoms with Crippen molar-refractivity contribution in [2.45, 2.75) is 46.1 Å². The molecule has 0 radical (unpaired) electrons. The van der Waals surface area contributed by atoms with E-state index in [-0.39, 0.29) is 11.9 Å². The Balaban J connectivity index is 2.04. The van der Waals surface area contributed by atoms with Crippen molar-refractivity contribution >= 4 is 16.9 Å². The summed E-state index contributed by atoms with van der Waals surface area (Å²) in [5.74, 6) is -0.0966. The molecule has 6 nitrogen and oxygen atoms in total. The summed E-state index contributed by atoms with van der Waals surface area (Å²) in [7, 11) is 0. The lowest BCUT2D eigenvalue weighted by atomic mass is 10.1. The molecule has 0 unspecified atom stereocenters. The molecular formula is C16H22N4O2. The minimum atomic E-state index is -0.0966. The summed E-state index contributed by atoms with van der Waals surface area (Å²) in [6, 6.07) is 2.02. The van der Waals surface area contributed by atoms with Gasteiger partial charge in [0, 0.05) is 18.3 Å². The number of hydrogen-bond acceptors (Lipinski definition) is 4. The van der Waals surface area contributed by atoms with E-state index in [1.54, 1.807) is 6.20 Å². The van der Waals surface area contributed by atoms with Gasteiger partial charge in [-0.05, 0) is 46.1 Å². The van der Waals surface area contributed by atoms with Gasteiger partial charge in [-0.1, -0.05) is 0 Å². The van der Waals surface area contributed by atoms with E-state index in [1.165, 1.54) is 5.06 Å². The van der Waals surface area contributed by atoms with E-state index < -0.39 is 0 Å². The van der Waals surface area contributed by atoms with Crippen LogP contribution in [-0.2, 0) is 4.84 Å². The average molecular weight is 302 g/mol. The molecule has 0 aliphatic carbocycles. The van der Waals surface area contributed by atoms with Gasteiger partial charge in [0.15, 0.2) is 5.65 Å². The van der Waals surface area contributed by atoms with Gasteiger partial charge in [0.05, 0.1) is 23.8 Å². The third-order valence-corrected chi connectivity index (χ3v) is 3.89. The molecule has 22 heavy (non-hydrogen) atoms. The topological polar surface area (TPSA) is 60.3 Å². The molecule has 118 valence electrons. The van der Waals surface area contributed by atoms with Crippen LogP contribution in [-0.4, -0.2) is 38.9 Å². The van der Waals surface area contributed by atoms with Crippen LogP contribution in [0.4, 0.5) is 0 Å². The van der Waals surface area contributed by atoms with Crippen molar-refractivity contribution in [3.05, 3.63) is 23.5 Å². The van der Waals surface area contributed by atoms with Gasteiger partial charge in [0.1, 0.15) is 0 Å². The number of aromatic nitrogens is 3. The molecule has 2 aromatic rings. The Bertz CT molecular complexity index is 685. The van der Waals surface area contributed by atoms with Crippen LogP contribution in [0.3, 0.4) is 0 Å². The van der Waals surface area contributed by atoms with E-state index in [2.05, 4.69) is 23.9 Å². The van der Waals surface area contributed by atoms with Crippen molar-refractivity contribution in [1.82, 2.24) is 19.8 Å². The Morgan fingerprint density at radius 2 is 2.14 bits per heavy atom. The highest BCUT2D eigenvalue weighted by molar-refractivity contribution is 6.05. The minimum absolute atomic E-state index is 0.0966. The highest BCUT2D eigenvalue weighted by Gasteiger charge is 2.23. The number of nitrogens with zero attached hydrogens (tertiary/aromatic N) is 4. The standard InChI is InChI=1S/C16H22N4O2/c1-11(2)20-15-14(10-17-20)13(9-12(3)18-15)16(21)19-7-5-4-6-8-22-19/h9-11H,4-8H2,1-3H3. The lowest BCUT2D eigenvalue weighted by Crippen LogP contribution is -2.31. The molecule has 6 heteroatoms. The predicted octanol–water partition coefficient (Wildman–Crippen LogP) is 2.88. The first-order valence-corrected chi connectivity index (χ1v) is 7.87. The summed E-state index contributed by atoms with van der Waals surface area (Å²) in [6.07, 6.45) is 4.80. The Labute approximate surface area is 130 Å². The zero-order chi connectivity index (χ0) is 15.7. The maximum atomic E-state index is 12.8. The fourth-order valence-electron chi connectivity index (χ4n) is 2.77. The second-order valence-electron chi connectivity index (χ2n) is 6.03. The fraction of sp³-hybridized carbons (Fsp3) is 0.562. The van der Waals surface area contributed by atoms with Gasteiger partial charge in [-0.25, -0.2) is 14.7 Å². The van der Waals surface area contributed by atoms with Crippen LogP contribution in [0.5, 0.6) is 0 Å². The summed E-state index contributed by atoms with van der Waals surface area (Å²) in [6.45, 7) is 7.24. The Kier molecular flexibility index (Phi) is 4.11. The van der Waals surface area contributed by atoms with Gasteiger partial charge < -0.3 is 0 Å². The Morgan fingerprint density at radius 1 is 1.32 bits per heavy atom. The van der Waals surface area contributed by atoms with Crippen molar-refractivity contribution in [2.75, 3.05) is 13.2 Å². The van der Waals surface area contributed by atoms with Crippen molar-refractivity contribution < 1.29 is 9.63 Å². The molecule has 1 amide bonds. The van der Waals surface area contributed by atoms with Crippen LogP contribution in [0.1, 0.15) is 55.2 Å². The predicted molar refractivity (Wildman–Crippen MR) is 83.5 cm³/mol. The maximum absolute atomic E-state index is 12.8.